The molecule has 0 bridgehead atoms. The summed E-state index contributed by atoms with van der Waals surface area (Å²) in [5, 5.41) is 11.6. The van der Waals surface area contributed by atoms with E-state index in [4.69, 9.17) is 18.2 Å². The molecule has 0 aliphatic carbocycles. The maximum atomic E-state index is 11.6. The van der Waals surface area contributed by atoms with Gasteiger partial charge >= 0.3 is 0 Å². The summed E-state index contributed by atoms with van der Waals surface area (Å²) in [5.41, 5.74) is 13.5. The normalized spacial score (nSPS) is 13.2. The van der Waals surface area contributed by atoms with Crippen molar-refractivity contribution in [3.05, 3.63) is 217 Å². The summed E-state index contributed by atoms with van der Waals surface area (Å²) in [7, 11) is 0. The molecule has 10 rings (SSSR count). The van der Waals surface area contributed by atoms with Crippen LogP contribution >= 0.6 is 0 Å². The largest absolute Gasteiger partial charge is 0.507 e. The Bertz CT molecular complexity index is 3540. The molecule has 0 unspecified atom stereocenters. The van der Waals surface area contributed by atoms with Gasteiger partial charge in [0.05, 0.1) is 22.3 Å². The molecule has 320 valence electrons. The van der Waals surface area contributed by atoms with Crippen molar-refractivity contribution in [2.24, 2.45) is 0 Å². The summed E-state index contributed by atoms with van der Waals surface area (Å²) in [6.07, 6.45) is 1.75. The smallest absolute Gasteiger partial charge is 0.148 e. The van der Waals surface area contributed by atoms with Crippen molar-refractivity contribution in [3.63, 3.8) is 0 Å². The van der Waals surface area contributed by atoms with E-state index in [0.29, 0.717) is 39.4 Å². The molecule has 65 heavy (non-hydrogen) atoms. The first-order valence-corrected chi connectivity index (χ1v) is 21.4. The Morgan fingerprint density at radius 2 is 1.18 bits per heavy atom. The fourth-order valence-corrected chi connectivity index (χ4v) is 8.48. The third-order valence-corrected chi connectivity index (χ3v) is 11.9. The number of pyridine rings is 1. The summed E-state index contributed by atoms with van der Waals surface area (Å²) >= 11 is 0. The van der Waals surface area contributed by atoms with E-state index in [0.717, 1.165) is 61.2 Å². The second-order valence-corrected chi connectivity index (χ2v) is 17.1. The SMILES string of the molecule is [2H]C([2H])([2H])c1ccc(-c2ccnc(-c3[c-]c(-c4cccc5c4nc(-c4ccccc4O)n5-c4cc(C([2H])([2H])[2H])c(-c5ccccc5)cc4-c4ccc(C(C)(C)C)cc4)cc(-c4ccccc4)c3)c2)cc1.[Pt]. The summed E-state index contributed by atoms with van der Waals surface area (Å²) in [4.78, 5) is 10.3. The molecule has 2 heterocycles. The molecule has 10 aromatic rings. The van der Waals surface area contributed by atoms with Crippen molar-refractivity contribution in [1.29, 1.82) is 0 Å². The maximum Gasteiger partial charge on any atom is 0.148 e. The molecule has 1 N–H and O–H groups in total. The number of para-hydroxylation sites is 2. The quantitative estimate of drug-likeness (QED) is 0.154. The van der Waals surface area contributed by atoms with Gasteiger partial charge in [-0.3, -0.25) is 9.55 Å². The van der Waals surface area contributed by atoms with Crippen molar-refractivity contribution in [1.82, 2.24) is 14.5 Å². The van der Waals surface area contributed by atoms with E-state index in [-0.39, 0.29) is 43.4 Å². The topological polar surface area (TPSA) is 50.9 Å². The number of nitrogens with zero attached hydrogens (tertiary/aromatic N) is 3. The van der Waals surface area contributed by atoms with Crippen LogP contribution < -0.4 is 0 Å². The molecular weight excluding hydrogens is 974 g/mol. The van der Waals surface area contributed by atoms with Crippen LogP contribution in [-0.2, 0) is 26.5 Å². The molecule has 0 saturated carbocycles. The number of hydrogen-bond donors (Lipinski definition) is 1. The van der Waals surface area contributed by atoms with E-state index < -0.39 is 13.7 Å². The van der Waals surface area contributed by atoms with E-state index in [1.165, 1.54) is 0 Å². The molecule has 8 aromatic carbocycles. The summed E-state index contributed by atoms with van der Waals surface area (Å²) in [6, 6.07) is 63.6. The van der Waals surface area contributed by atoms with Crippen LogP contribution in [0, 0.1) is 19.8 Å². The van der Waals surface area contributed by atoms with Crippen LogP contribution in [-0.4, -0.2) is 19.6 Å². The van der Waals surface area contributed by atoms with Gasteiger partial charge < -0.3 is 5.11 Å². The minimum Gasteiger partial charge on any atom is -0.507 e. The van der Waals surface area contributed by atoms with Crippen LogP contribution in [0.2, 0.25) is 0 Å². The van der Waals surface area contributed by atoms with Crippen molar-refractivity contribution in [2.45, 2.75) is 39.9 Å². The van der Waals surface area contributed by atoms with Crippen molar-refractivity contribution in [2.75, 3.05) is 0 Å². The molecule has 0 aliphatic rings. The second kappa shape index (κ2) is 17.8. The number of aryl methyl sites for hydroxylation is 2. The summed E-state index contributed by atoms with van der Waals surface area (Å²) in [6.45, 7) is 1.82. The Hall–Kier alpha value is -7.13. The van der Waals surface area contributed by atoms with E-state index in [2.05, 4.69) is 75.4 Å². The summed E-state index contributed by atoms with van der Waals surface area (Å²) in [5.74, 6) is 0.447. The molecule has 0 atom stereocenters. The van der Waals surface area contributed by atoms with Crippen LogP contribution in [0.15, 0.2) is 194 Å². The number of aromatic nitrogens is 3. The van der Waals surface area contributed by atoms with Gasteiger partial charge in [-0.1, -0.05) is 183 Å². The predicted molar refractivity (Wildman–Crippen MR) is 266 cm³/mol. The molecule has 0 radical (unpaired) electrons. The van der Waals surface area contributed by atoms with Gasteiger partial charge in [0.15, 0.2) is 0 Å². The second-order valence-electron chi connectivity index (χ2n) is 17.1. The Morgan fingerprint density at radius 1 is 0.538 bits per heavy atom. The van der Waals surface area contributed by atoms with Crippen molar-refractivity contribution in [3.8, 4) is 89.7 Å². The average molecular weight is 1030 g/mol. The Morgan fingerprint density at radius 3 is 1.89 bits per heavy atom. The number of aromatic hydroxyl groups is 1. The minimum absolute atomic E-state index is 0. The van der Waals surface area contributed by atoms with Crippen LogP contribution in [0.25, 0.3) is 95.0 Å². The number of fused-ring (bicyclic) bond motifs is 1. The molecule has 0 aliphatic heterocycles. The average Bonchev–Trinajstić information content (AvgIpc) is 3.75. The third-order valence-electron chi connectivity index (χ3n) is 11.9. The zero-order chi connectivity index (χ0) is 49.0. The molecule has 0 spiro atoms. The Kier molecular flexibility index (Phi) is 9.92. The monoisotopic (exact) mass is 1030 g/mol. The Balaban J connectivity index is 0.00000624. The molecule has 2 aromatic heterocycles. The van der Waals surface area contributed by atoms with Gasteiger partial charge in [0.1, 0.15) is 11.6 Å². The van der Waals surface area contributed by atoms with Gasteiger partial charge in [-0.05, 0) is 100 Å². The first-order chi connectivity index (χ1) is 33.5. The molecule has 4 nitrogen and oxygen atoms in total. The first-order valence-electron chi connectivity index (χ1n) is 24.4. The molecule has 0 amide bonds. The van der Waals surface area contributed by atoms with E-state index >= 15 is 0 Å². The van der Waals surface area contributed by atoms with Gasteiger partial charge in [-0.2, -0.15) is 0 Å². The molecule has 0 fully saturated rings. The predicted octanol–water partition coefficient (Wildman–Crippen LogP) is 15.5. The molecule has 5 heteroatoms. The van der Waals surface area contributed by atoms with Gasteiger partial charge in [0.2, 0.25) is 0 Å². The van der Waals surface area contributed by atoms with Crippen LogP contribution in [0.1, 0.15) is 45.7 Å². The number of phenolic OH excluding ortho intramolecular Hbond substituents is 1. The number of rotatable bonds is 8. The van der Waals surface area contributed by atoms with Crippen LogP contribution in [0.3, 0.4) is 0 Å². The zero-order valence-corrected chi connectivity index (χ0v) is 38.4. The number of imidazole rings is 1. The third kappa shape index (κ3) is 8.51. The van der Waals surface area contributed by atoms with Gasteiger partial charge in [0.25, 0.3) is 0 Å². The van der Waals surface area contributed by atoms with Gasteiger partial charge in [0, 0.05) is 46.7 Å². The number of benzene rings is 8. The van der Waals surface area contributed by atoms with E-state index in [1.54, 1.807) is 36.5 Å². The maximum absolute atomic E-state index is 11.6. The standard InChI is InChI=1S/C60H48N3O.Pt/c1-39-23-25-42(26-24-39)45-31-32-61-54(37-45)48-35-46(41-15-8-6-9-16-41)34-47(36-48)50-20-14-21-55-58(50)62-59(51-19-12-13-22-57(51)64)63(55)56-33-40(2)52(43-17-10-7-11-18-43)38-53(56)44-27-29-49(30-28-44)60(3,4)5;/h6-35,37-38,64H,1-5H3;/q-1;/i1D3,2D3;. The fraction of sp³-hybridized carbons (Fsp3) is 0.100. The minimum atomic E-state index is -2.50. The van der Waals surface area contributed by atoms with Gasteiger partial charge in [-0.15, -0.1) is 23.8 Å². The van der Waals surface area contributed by atoms with Crippen LogP contribution in [0.4, 0.5) is 0 Å². The first kappa shape index (κ1) is 36.2. The molecule has 0 saturated heterocycles. The zero-order valence-electron chi connectivity index (χ0n) is 42.1. The van der Waals surface area contributed by atoms with E-state index in [9.17, 15) is 5.11 Å². The van der Waals surface area contributed by atoms with Crippen molar-refractivity contribution >= 4 is 11.0 Å². The number of hydrogen-bond acceptors (Lipinski definition) is 3. The number of phenols is 1. The summed E-state index contributed by atoms with van der Waals surface area (Å²) < 4.78 is 52.3. The van der Waals surface area contributed by atoms with Gasteiger partial charge in [-0.25, -0.2) is 4.98 Å². The van der Waals surface area contributed by atoms with Crippen molar-refractivity contribution < 1.29 is 34.4 Å². The van der Waals surface area contributed by atoms with E-state index in [1.807, 2.05) is 114 Å². The Labute approximate surface area is 404 Å². The fourth-order valence-electron chi connectivity index (χ4n) is 8.48. The molecular formula is C60H48N3OPt-. The van der Waals surface area contributed by atoms with Crippen LogP contribution in [0.5, 0.6) is 5.75 Å².